The molecule has 2 heterocycles. The molecule has 1 aliphatic rings. The quantitative estimate of drug-likeness (QED) is 0.844. The monoisotopic (exact) mass is 264 g/mol. The van der Waals surface area contributed by atoms with Crippen molar-refractivity contribution < 1.29 is 4.74 Å². The zero-order valence-corrected chi connectivity index (χ0v) is 11.9. The highest BCUT2D eigenvalue weighted by atomic mass is 16.5. The molecule has 2 rings (SSSR count). The summed E-state index contributed by atoms with van der Waals surface area (Å²) in [6.45, 7) is 8.56. The third kappa shape index (κ3) is 3.88. The summed E-state index contributed by atoms with van der Waals surface area (Å²) >= 11 is 0. The van der Waals surface area contributed by atoms with Crippen molar-refractivity contribution in [3.63, 3.8) is 0 Å². The zero-order chi connectivity index (χ0) is 13.7. The zero-order valence-electron chi connectivity index (χ0n) is 11.9. The maximum absolute atomic E-state index is 5.78. The largest absolute Gasteiger partial charge is 0.489 e. The van der Waals surface area contributed by atoms with E-state index >= 15 is 0 Å². The van der Waals surface area contributed by atoms with E-state index in [2.05, 4.69) is 28.7 Å². The van der Waals surface area contributed by atoms with Crippen molar-refractivity contribution in [1.82, 2.24) is 14.9 Å². The molecule has 106 valence electrons. The lowest BCUT2D eigenvalue weighted by atomic mass is 10.2. The van der Waals surface area contributed by atoms with Gasteiger partial charge >= 0.3 is 0 Å². The second-order valence-electron chi connectivity index (χ2n) is 5.30. The van der Waals surface area contributed by atoms with E-state index in [0.717, 1.165) is 23.8 Å². The molecular formula is C14H24N4O. The van der Waals surface area contributed by atoms with E-state index in [1.54, 1.807) is 6.20 Å². The molecule has 1 aliphatic heterocycles. The Balaban J connectivity index is 1.91. The van der Waals surface area contributed by atoms with E-state index in [4.69, 9.17) is 10.5 Å². The summed E-state index contributed by atoms with van der Waals surface area (Å²) in [6, 6.07) is 0. The van der Waals surface area contributed by atoms with E-state index < -0.39 is 0 Å². The van der Waals surface area contributed by atoms with Gasteiger partial charge in [0.2, 0.25) is 0 Å². The van der Waals surface area contributed by atoms with Crippen LogP contribution in [0.15, 0.2) is 6.20 Å². The topological polar surface area (TPSA) is 64.3 Å². The summed E-state index contributed by atoms with van der Waals surface area (Å²) < 4.78 is 5.78. The molecule has 0 unspecified atom stereocenters. The molecular weight excluding hydrogens is 240 g/mol. The molecule has 2 N–H and O–H groups in total. The molecule has 0 bridgehead atoms. The molecule has 1 aromatic heterocycles. The Kier molecular flexibility index (Phi) is 5.10. The van der Waals surface area contributed by atoms with Gasteiger partial charge in [-0.15, -0.1) is 0 Å². The average molecular weight is 264 g/mol. The predicted molar refractivity (Wildman–Crippen MR) is 75.2 cm³/mol. The summed E-state index contributed by atoms with van der Waals surface area (Å²) in [5.41, 5.74) is 6.54. The lowest BCUT2D eigenvalue weighted by molar-refractivity contribution is 0.235. The SMILES string of the molecule is CC(C)c1ncc(OCCN2CCCC2)c(CN)n1. The molecule has 0 atom stereocenters. The van der Waals surface area contributed by atoms with Crippen LogP contribution in [0.5, 0.6) is 5.75 Å². The lowest BCUT2D eigenvalue weighted by Gasteiger charge is -2.16. The summed E-state index contributed by atoms with van der Waals surface area (Å²) in [5, 5.41) is 0. The molecule has 5 nitrogen and oxygen atoms in total. The average Bonchev–Trinajstić information content (AvgIpc) is 2.92. The van der Waals surface area contributed by atoms with Gasteiger partial charge in [0.25, 0.3) is 0 Å². The van der Waals surface area contributed by atoms with Crippen LogP contribution < -0.4 is 10.5 Å². The van der Waals surface area contributed by atoms with Gasteiger partial charge in [-0.2, -0.15) is 0 Å². The number of aromatic nitrogens is 2. The van der Waals surface area contributed by atoms with Crippen LogP contribution in [0, 0.1) is 0 Å². The molecule has 0 aliphatic carbocycles. The Bertz CT molecular complexity index is 402. The van der Waals surface area contributed by atoms with Crippen molar-refractivity contribution >= 4 is 0 Å². The summed E-state index contributed by atoms with van der Waals surface area (Å²) in [5.74, 6) is 1.86. The molecule has 5 heteroatoms. The van der Waals surface area contributed by atoms with Crippen molar-refractivity contribution in [2.45, 2.75) is 39.2 Å². The van der Waals surface area contributed by atoms with E-state index in [1.807, 2.05) is 0 Å². The molecule has 0 saturated carbocycles. The van der Waals surface area contributed by atoms with Gasteiger partial charge in [-0.05, 0) is 25.9 Å². The number of nitrogens with two attached hydrogens (primary N) is 1. The molecule has 1 saturated heterocycles. The first-order valence-corrected chi connectivity index (χ1v) is 7.11. The molecule has 0 amide bonds. The minimum atomic E-state index is 0.309. The van der Waals surface area contributed by atoms with Crippen molar-refractivity contribution in [3.8, 4) is 5.75 Å². The van der Waals surface area contributed by atoms with Crippen LogP contribution in [0.1, 0.15) is 44.1 Å². The van der Waals surface area contributed by atoms with E-state index in [1.165, 1.54) is 25.9 Å². The molecule has 0 radical (unpaired) electrons. The number of hydrogen-bond donors (Lipinski definition) is 1. The van der Waals surface area contributed by atoms with E-state index in [9.17, 15) is 0 Å². The Morgan fingerprint density at radius 2 is 2.11 bits per heavy atom. The van der Waals surface area contributed by atoms with Crippen LogP contribution in [0.4, 0.5) is 0 Å². The number of likely N-dealkylation sites (tertiary alicyclic amines) is 1. The fourth-order valence-electron chi connectivity index (χ4n) is 2.26. The number of nitrogens with zero attached hydrogens (tertiary/aromatic N) is 3. The molecule has 19 heavy (non-hydrogen) atoms. The number of ether oxygens (including phenoxy) is 1. The van der Waals surface area contributed by atoms with Gasteiger partial charge in [0, 0.05) is 19.0 Å². The second kappa shape index (κ2) is 6.82. The van der Waals surface area contributed by atoms with Gasteiger partial charge < -0.3 is 10.5 Å². The van der Waals surface area contributed by atoms with Crippen LogP contribution in [0.25, 0.3) is 0 Å². The van der Waals surface area contributed by atoms with Gasteiger partial charge in [-0.1, -0.05) is 13.8 Å². The first kappa shape index (κ1) is 14.2. The maximum atomic E-state index is 5.78. The van der Waals surface area contributed by atoms with Crippen LogP contribution in [-0.4, -0.2) is 41.1 Å². The van der Waals surface area contributed by atoms with Crippen molar-refractivity contribution in [3.05, 3.63) is 17.7 Å². The first-order chi connectivity index (χ1) is 9.20. The standard InChI is InChI=1S/C14H24N4O/c1-11(2)14-16-10-13(12(9-15)17-14)19-8-7-18-5-3-4-6-18/h10-11H,3-9,15H2,1-2H3. The number of rotatable bonds is 6. The van der Waals surface area contributed by atoms with Crippen molar-refractivity contribution in [1.29, 1.82) is 0 Å². The highest BCUT2D eigenvalue weighted by Crippen LogP contribution is 2.18. The third-order valence-corrected chi connectivity index (χ3v) is 3.42. The smallest absolute Gasteiger partial charge is 0.160 e. The van der Waals surface area contributed by atoms with Crippen molar-refractivity contribution in [2.75, 3.05) is 26.2 Å². The molecule has 1 aromatic rings. The van der Waals surface area contributed by atoms with Gasteiger partial charge in [0.05, 0.1) is 11.9 Å². The Labute approximate surface area is 115 Å². The molecule has 0 spiro atoms. The Morgan fingerprint density at radius 1 is 1.37 bits per heavy atom. The third-order valence-electron chi connectivity index (χ3n) is 3.42. The minimum Gasteiger partial charge on any atom is -0.489 e. The van der Waals surface area contributed by atoms with Gasteiger partial charge in [-0.25, -0.2) is 9.97 Å². The molecule has 1 fully saturated rings. The Hall–Kier alpha value is -1.20. The summed E-state index contributed by atoms with van der Waals surface area (Å²) in [7, 11) is 0. The summed E-state index contributed by atoms with van der Waals surface area (Å²) in [6.07, 6.45) is 4.37. The van der Waals surface area contributed by atoms with Crippen molar-refractivity contribution in [2.24, 2.45) is 5.73 Å². The highest BCUT2D eigenvalue weighted by molar-refractivity contribution is 5.25. The lowest BCUT2D eigenvalue weighted by Crippen LogP contribution is -2.25. The minimum absolute atomic E-state index is 0.309. The normalized spacial score (nSPS) is 16.2. The fourth-order valence-corrected chi connectivity index (χ4v) is 2.26. The van der Waals surface area contributed by atoms with Crippen LogP contribution in [0.2, 0.25) is 0 Å². The van der Waals surface area contributed by atoms with Crippen LogP contribution >= 0.6 is 0 Å². The van der Waals surface area contributed by atoms with E-state index in [-0.39, 0.29) is 0 Å². The highest BCUT2D eigenvalue weighted by Gasteiger charge is 2.13. The fraction of sp³-hybridized carbons (Fsp3) is 0.714. The van der Waals surface area contributed by atoms with Gasteiger partial charge in [0.15, 0.2) is 5.75 Å². The van der Waals surface area contributed by atoms with E-state index in [0.29, 0.717) is 19.1 Å². The van der Waals surface area contributed by atoms with Gasteiger partial charge in [0.1, 0.15) is 12.4 Å². The van der Waals surface area contributed by atoms with Gasteiger partial charge in [-0.3, -0.25) is 4.90 Å². The summed E-state index contributed by atoms with van der Waals surface area (Å²) in [4.78, 5) is 11.2. The van der Waals surface area contributed by atoms with Crippen LogP contribution in [-0.2, 0) is 6.54 Å². The first-order valence-electron chi connectivity index (χ1n) is 7.11. The molecule has 0 aromatic carbocycles. The Morgan fingerprint density at radius 3 is 2.74 bits per heavy atom. The van der Waals surface area contributed by atoms with Crippen LogP contribution in [0.3, 0.4) is 0 Å². The predicted octanol–water partition coefficient (Wildman–Crippen LogP) is 1.53. The second-order valence-corrected chi connectivity index (χ2v) is 5.30. The maximum Gasteiger partial charge on any atom is 0.160 e. The number of hydrogen-bond acceptors (Lipinski definition) is 5.